The van der Waals surface area contributed by atoms with Crippen LogP contribution in [0.2, 0.25) is 0 Å². The Balaban J connectivity index is 1.76. The van der Waals surface area contributed by atoms with Gasteiger partial charge in [-0.3, -0.25) is 5.32 Å². The first-order valence-corrected chi connectivity index (χ1v) is 7.86. The van der Waals surface area contributed by atoms with Gasteiger partial charge in [0.25, 0.3) is 0 Å². The largest absolute Gasteiger partial charge is 0.394 e. The summed E-state index contributed by atoms with van der Waals surface area (Å²) in [6, 6.07) is 8.32. The zero-order valence-electron chi connectivity index (χ0n) is 12.3. The van der Waals surface area contributed by atoms with E-state index >= 15 is 0 Å². The summed E-state index contributed by atoms with van der Waals surface area (Å²) in [4.78, 5) is 6.43. The van der Waals surface area contributed by atoms with Crippen LogP contribution in [0.3, 0.4) is 0 Å². The van der Waals surface area contributed by atoms with Crippen LogP contribution in [0.15, 0.2) is 24.3 Å². The summed E-state index contributed by atoms with van der Waals surface area (Å²) in [5.74, 6) is 0.779. The maximum atomic E-state index is 9.93. The molecule has 0 aliphatic heterocycles. The monoisotopic (exact) mass is 304 g/mol. The van der Waals surface area contributed by atoms with Crippen molar-refractivity contribution in [3.63, 3.8) is 0 Å². The van der Waals surface area contributed by atoms with Crippen molar-refractivity contribution in [3.8, 4) is 0 Å². The third-order valence-electron chi connectivity index (χ3n) is 4.05. The Morgan fingerprint density at radius 1 is 1.38 bits per heavy atom. The van der Waals surface area contributed by atoms with Gasteiger partial charge < -0.3 is 10.0 Å². The summed E-state index contributed by atoms with van der Waals surface area (Å²) in [6.45, 7) is 0.661. The summed E-state index contributed by atoms with van der Waals surface area (Å²) in [6.07, 6.45) is 1.91. The molecule has 0 saturated carbocycles. The number of benzene rings is 1. The molecule has 2 N–H and O–H groups in total. The van der Waals surface area contributed by atoms with Gasteiger partial charge in [0.05, 0.1) is 18.7 Å². The number of aryl methyl sites for hydroxylation is 1. The van der Waals surface area contributed by atoms with E-state index in [2.05, 4.69) is 32.9 Å². The number of fused-ring (bicyclic) bond motifs is 1. The first-order chi connectivity index (χ1) is 10.1. The van der Waals surface area contributed by atoms with Crippen molar-refractivity contribution in [1.29, 1.82) is 0 Å². The Morgan fingerprint density at radius 3 is 2.90 bits per heavy atom. The molecule has 5 nitrogen and oxygen atoms in total. The maximum Gasteiger partial charge on any atom is 0.204 e. The standard InChI is InChI=1S/C15H20N4OS/c1-19(2)14-17-13(18-21-14)9-16-15(10-20)8-7-11-5-3-4-6-12(11)15/h3-6,16,20H,7-10H2,1-2H3. The second-order valence-electron chi connectivity index (χ2n) is 5.64. The van der Waals surface area contributed by atoms with Crippen molar-refractivity contribution < 1.29 is 5.11 Å². The third-order valence-corrected chi connectivity index (χ3v) is 4.97. The number of hydrogen-bond acceptors (Lipinski definition) is 6. The van der Waals surface area contributed by atoms with Gasteiger partial charge in [0.1, 0.15) is 0 Å². The molecule has 2 aromatic rings. The SMILES string of the molecule is CN(C)c1nc(CNC2(CO)CCc3ccccc32)ns1. The molecule has 21 heavy (non-hydrogen) atoms. The normalized spacial score (nSPS) is 20.5. The minimum atomic E-state index is -0.361. The molecule has 1 aliphatic carbocycles. The number of nitrogens with one attached hydrogen (secondary N) is 1. The first kappa shape index (κ1) is 14.4. The molecule has 0 fully saturated rings. The average molecular weight is 304 g/mol. The Morgan fingerprint density at radius 2 is 2.19 bits per heavy atom. The van der Waals surface area contributed by atoms with Gasteiger partial charge in [-0.25, -0.2) is 4.98 Å². The summed E-state index contributed by atoms with van der Waals surface area (Å²) in [5, 5.41) is 14.3. The van der Waals surface area contributed by atoms with Gasteiger partial charge in [-0.15, -0.1) is 0 Å². The predicted octanol–water partition coefficient (Wildman–Crippen LogP) is 1.53. The fraction of sp³-hybridized carbons (Fsp3) is 0.467. The van der Waals surface area contributed by atoms with Crippen LogP contribution in [0.5, 0.6) is 0 Å². The minimum Gasteiger partial charge on any atom is -0.394 e. The van der Waals surface area contributed by atoms with Crippen molar-refractivity contribution in [2.45, 2.75) is 24.9 Å². The number of anilines is 1. The number of aliphatic hydroxyl groups is 1. The van der Waals surface area contributed by atoms with Gasteiger partial charge in [0.2, 0.25) is 5.13 Å². The molecule has 1 atom stereocenters. The molecule has 0 radical (unpaired) electrons. The molecule has 1 aromatic heterocycles. The Labute approximate surface area is 128 Å². The first-order valence-electron chi connectivity index (χ1n) is 7.09. The van der Waals surface area contributed by atoms with Gasteiger partial charge in [-0.05, 0) is 24.0 Å². The van der Waals surface area contributed by atoms with Gasteiger partial charge in [0, 0.05) is 25.6 Å². The van der Waals surface area contributed by atoms with Gasteiger partial charge in [-0.1, -0.05) is 24.3 Å². The Bertz CT molecular complexity index is 628. The minimum absolute atomic E-state index is 0.0920. The number of hydrogen-bond donors (Lipinski definition) is 2. The lowest BCUT2D eigenvalue weighted by Crippen LogP contribution is -2.43. The van der Waals surface area contributed by atoms with E-state index in [-0.39, 0.29) is 12.1 Å². The number of nitrogens with zero attached hydrogens (tertiary/aromatic N) is 3. The number of aliphatic hydroxyl groups excluding tert-OH is 1. The van der Waals surface area contributed by atoms with Gasteiger partial charge in [0.15, 0.2) is 5.82 Å². The third kappa shape index (κ3) is 2.66. The number of rotatable bonds is 5. The Hall–Kier alpha value is -1.50. The van der Waals surface area contributed by atoms with E-state index in [9.17, 15) is 5.11 Å². The van der Waals surface area contributed by atoms with Crippen LogP contribution < -0.4 is 10.2 Å². The van der Waals surface area contributed by atoms with Crippen LogP contribution in [0.4, 0.5) is 5.13 Å². The highest BCUT2D eigenvalue weighted by Gasteiger charge is 2.37. The maximum absolute atomic E-state index is 9.93. The molecule has 1 aliphatic rings. The zero-order chi connectivity index (χ0) is 14.9. The van der Waals surface area contributed by atoms with Crippen molar-refractivity contribution >= 4 is 16.7 Å². The summed E-state index contributed by atoms with van der Waals surface area (Å²) >= 11 is 1.39. The van der Waals surface area contributed by atoms with E-state index in [4.69, 9.17) is 0 Å². The molecule has 0 spiro atoms. The van der Waals surface area contributed by atoms with Crippen LogP contribution in [0, 0.1) is 0 Å². The highest BCUT2D eigenvalue weighted by Crippen LogP contribution is 2.36. The van der Waals surface area contributed by atoms with E-state index in [0.29, 0.717) is 6.54 Å². The molecule has 0 saturated heterocycles. The van der Waals surface area contributed by atoms with E-state index in [1.54, 1.807) is 0 Å². The van der Waals surface area contributed by atoms with E-state index in [1.807, 2.05) is 25.1 Å². The smallest absolute Gasteiger partial charge is 0.204 e. The summed E-state index contributed by atoms with van der Waals surface area (Å²) < 4.78 is 4.36. The van der Waals surface area contributed by atoms with E-state index in [1.165, 1.54) is 22.7 Å². The lowest BCUT2D eigenvalue weighted by atomic mass is 9.92. The van der Waals surface area contributed by atoms with Crippen LogP contribution in [0.1, 0.15) is 23.4 Å². The quantitative estimate of drug-likeness (QED) is 0.877. The zero-order valence-corrected chi connectivity index (χ0v) is 13.2. The molecule has 0 bridgehead atoms. The van der Waals surface area contributed by atoms with Crippen molar-refractivity contribution in [2.75, 3.05) is 25.6 Å². The van der Waals surface area contributed by atoms with Crippen LogP contribution >= 0.6 is 11.5 Å². The summed E-state index contributed by atoms with van der Waals surface area (Å²) in [7, 11) is 3.92. The molecule has 0 amide bonds. The fourth-order valence-corrected chi connectivity index (χ4v) is 3.44. The van der Waals surface area contributed by atoms with E-state index in [0.717, 1.165) is 23.8 Å². The van der Waals surface area contributed by atoms with Crippen molar-refractivity contribution in [2.24, 2.45) is 0 Å². The molecule has 1 heterocycles. The van der Waals surface area contributed by atoms with Crippen LogP contribution in [-0.2, 0) is 18.5 Å². The second-order valence-corrected chi connectivity index (χ2v) is 6.37. The van der Waals surface area contributed by atoms with Crippen molar-refractivity contribution in [1.82, 2.24) is 14.7 Å². The van der Waals surface area contributed by atoms with Gasteiger partial charge >= 0.3 is 0 Å². The molecule has 6 heteroatoms. The van der Waals surface area contributed by atoms with Crippen LogP contribution in [0.25, 0.3) is 0 Å². The molecule has 3 rings (SSSR count). The van der Waals surface area contributed by atoms with E-state index < -0.39 is 0 Å². The summed E-state index contributed by atoms with van der Waals surface area (Å²) in [5.41, 5.74) is 2.16. The average Bonchev–Trinajstić information content (AvgIpc) is 3.11. The Kier molecular flexibility index (Phi) is 3.93. The molecular formula is C15H20N4OS. The highest BCUT2D eigenvalue weighted by molar-refractivity contribution is 7.09. The van der Waals surface area contributed by atoms with Crippen molar-refractivity contribution in [3.05, 3.63) is 41.2 Å². The topological polar surface area (TPSA) is 61.3 Å². The lowest BCUT2D eigenvalue weighted by molar-refractivity contribution is 0.158. The molecule has 1 unspecified atom stereocenters. The molecule has 112 valence electrons. The second kappa shape index (κ2) is 5.71. The lowest BCUT2D eigenvalue weighted by Gasteiger charge is -2.29. The molecular weight excluding hydrogens is 284 g/mol. The fourth-order valence-electron chi connectivity index (χ4n) is 2.84. The predicted molar refractivity (Wildman–Crippen MR) is 84.6 cm³/mol. The molecule has 1 aromatic carbocycles. The van der Waals surface area contributed by atoms with Crippen LogP contribution in [-0.4, -0.2) is 35.2 Å². The highest BCUT2D eigenvalue weighted by atomic mass is 32.1. The van der Waals surface area contributed by atoms with Gasteiger partial charge in [-0.2, -0.15) is 4.37 Å². The number of aromatic nitrogens is 2.